The Balaban J connectivity index is 2.49. The first kappa shape index (κ1) is 10.3. The Morgan fingerprint density at radius 2 is 2.00 bits per heavy atom. The number of hydrogen-bond donors (Lipinski definition) is 0. The zero-order valence-corrected chi connectivity index (χ0v) is 9.46. The molecule has 2 atom stereocenters. The molecule has 0 spiro atoms. The first-order valence-electron chi connectivity index (χ1n) is 5.38. The van der Waals surface area contributed by atoms with Crippen LogP contribution in [0.1, 0.15) is 33.6 Å². The summed E-state index contributed by atoms with van der Waals surface area (Å²) in [4.78, 5) is 24.0. The van der Waals surface area contributed by atoms with Crippen molar-refractivity contribution in [3.05, 3.63) is 23.3 Å². The molecule has 0 N–H and O–H groups in total. The Kier molecular flexibility index (Phi) is 2.18. The van der Waals surface area contributed by atoms with Gasteiger partial charge in [-0.25, -0.2) is 0 Å². The quantitative estimate of drug-likeness (QED) is 0.568. The van der Waals surface area contributed by atoms with E-state index in [-0.39, 0.29) is 17.5 Å². The van der Waals surface area contributed by atoms with Gasteiger partial charge >= 0.3 is 0 Å². The van der Waals surface area contributed by atoms with E-state index in [0.717, 1.165) is 12.8 Å². The number of Topliss-reactive ketones (excluding diaryl/α,β-unsaturated/α-hetero) is 1. The minimum atomic E-state index is -0.477. The number of allylic oxidation sites excluding steroid dienone is 4. The molecule has 0 aliphatic heterocycles. The fourth-order valence-electron chi connectivity index (χ4n) is 2.85. The molecule has 0 aromatic carbocycles. The van der Waals surface area contributed by atoms with Gasteiger partial charge in [-0.05, 0) is 38.3 Å². The average Bonchev–Trinajstić information content (AvgIpc) is 2.14. The highest BCUT2D eigenvalue weighted by atomic mass is 16.1. The van der Waals surface area contributed by atoms with Crippen LogP contribution >= 0.6 is 0 Å². The van der Waals surface area contributed by atoms with Crippen LogP contribution < -0.4 is 0 Å². The van der Waals surface area contributed by atoms with Gasteiger partial charge in [0.1, 0.15) is 0 Å². The van der Waals surface area contributed by atoms with Crippen LogP contribution in [-0.4, -0.2) is 11.6 Å². The van der Waals surface area contributed by atoms with E-state index < -0.39 is 5.41 Å². The Bertz CT molecular complexity index is 401. The van der Waals surface area contributed by atoms with Gasteiger partial charge < -0.3 is 0 Å². The Labute approximate surface area is 90.1 Å². The highest BCUT2D eigenvalue weighted by Gasteiger charge is 2.48. The topological polar surface area (TPSA) is 34.1 Å². The second kappa shape index (κ2) is 3.16. The predicted octanol–water partition coefficient (Wildman–Crippen LogP) is 2.45. The molecular weight excluding hydrogens is 188 g/mol. The Hall–Kier alpha value is -1.18. The van der Waals surface area contributed by atoms with Gasteiger partial charge in [0.05, 0.1) is 0 Å². The lowest BCUT2D eigenvalue weighted by Gasteiger charge is -2.40. The molecule has 0 aromatic heterocycles. The van der Waals surface area contributed by atoms with Crippen LogP contribution in [0.4, 0.5) is 0 Å². The number of rotatable bonds is 0. The van der Waals surface area contributed by atoms with Crippen molar-refractivity contribution in [2.24, 2.45) is 11.3 Å². The van der Waals surface area contributed by atoms with Crippen molar-refractivity contribution >= 4 is 11.6 Å². The lowest BCUT2D eigenvalue weighted by atomic mass is 9.60. The minimum absolute atomic E-state index is 0.123. The summed E-state index contributed by atoms with van der Waals surface area (Å²) in [6, 6.07) is 0. The Morgan fingerprint density at radius 1 is 1.33 bits per heavy atom. The van der Waals surface area contributed by atoms with Crippen molar-refractivity contribution in [3.63, 3.8) is 0 Å². The van der Waals surface area contributed by atoms with Crippen LogP contribution in [-0.2, 0) is 9.59 Å². The highest BCUT2D eigenvalue weighted by molar-refractivity contribution is 6.12. The smallest absolute Gasteiger partial charge is 0.165 e. The zero-order chi connectivity index (χ0) is 11.2. The standard InChI is InChI=1S/C13H16O2/c1-8-4-5-10-11(14)6-9(2)12(15)13(10,3)7-8/h4,6,10H,5,7H2,1-3H3. The SMILES string of the molecule is CC1=CCC2C(=O)C=C(C)C(=O)C2(C)C1. The molecule has 0 bridgehead atoms. The third kappa shape index (κ3) is 1.39. The molecule has 2 aliphatic rings. The van der Waals surface area contributed by atoms with E-state index >= 15 is 0 Å². The molecular formula is C13H16O2. The van der Waals surface area contributed by atoms with E-state index in [9.17, 15) is 9.59 Å². The number of ketones is 2. The van der Waals surface area contributed by atoms with Gasteiger partial charge in [0.2, 0.25) is 0 Å². The van der Waals surface area contributed by atoms with Crippen molar-refractivity contribution in [2.45, 2.75) is 33.6 Å². The van der Waals surface area contributed by atoms with Crippen LogP contribution in [0, 0.1) is 11.3 Å². The van der Waals surface area contributed by atoms with Crippen LogP contribution in [0.15, 0.2) is 23.3 Å². The van der Waals surface area contributed by atoms with Gasteiger partial charge in [-0.3, -0.25) is 9.59 Å². The van der Waals surface area contributed by atoms with Gasteiger partial charge in [-0.2, -0.15) is 0 Å². The van der Waals surface area contributed by atoms with Crippen molar-refractivity contribution in [2.75, 3.05) is 0 Å². The molecule has 0 aromatic rings. The number of fused-ring (bicyclic) bond motifs is 1. The van der Waals surface area contributed by atoms with Gasteiger partial charge in [0, 0.05) is 11.3 Å². The van der Waals surface area contributed by atoms with Gasteiger partial charge in [0.15, 0.2) is 11.6 Å². The zero-order valence-electron chi connectivity index (χ0n) is 9.46. The third-order valence-electron chi connectivity index (χ3n) is 3.70. The van der Waals surface area contributed by atoms with Crippen LogP contribution in [0.3, 0.4) is 0 Å². The molecule has 2 unspecified atom stereocenters. The largest absolute Gasteiger partial charge is 0.294 e. The molecule has 2 heteroatoms. The number of carbonyl (C=O) groups is 2. The van der Waals surface area contributed by atoms with E-state index in [4.69, 9.17) is 0 Å². The van der Waals surface area contributed by atoms with Crippen molar-refractivity contribution in [3.8, 4) is 0 Å². The van der Waals surface area contributed by atoms with E-state index in [1.165, 1.54) is 11.6 Å². The van der Waals surface area contributed by atoms with Gasteiger partial charge in [0.25, 0.3) is 0 Å². The number of carbonyl (C=O) groups excluding carboxylic acids is 2. The molecule has 0 saturated heterocycles. The normalized spacial score (nSPS) is 35.8. The maximum Gasteiger partial charge on any atom is 0.165 e. The molecule has 0 saturated carbocycles. The highest BCUT2D eigenvalue weighted by Crippen LogP contribution is 2.45. The van der Waals surface area contributed by atoms with E-state index in [2.05, 4.69) is 6.08 Å². The summed E-state index contributed by atoms with van der Waals surface area (Å²) in [6.07, 6.45) is 5.06. The second-order valence-electron chi connectivity index (χ2n) is 4.99. The van der Waals surface area contributed by atoms with Crippen LogP contribution in [0.2, 0.25) is 0 Å². The summed E-state index contributed by atoms with van der Waals surface area (Å²) < 4.78 is 0. The summed E-state index contributed by atoms with van der Waals surface area (Å²) in [6.45, 7) is 5.72. The van der Waals surface area contributed by atoms with E-state index in [1.54, 1.807) is 6.92 Å². The fraction of sp³-hybridized carbons (Fsp3) is 0.538. The molecule has 2 nitrogen and oxygen atoms in total. The first-order valence-corrected chi connectivity index (χ1v) is 5.38. The van der Waals surface area contributed by atoms with Crippen LogP contribution in [0.25, 0.3) is 0 Å². The van der Waals surface area contributed by atoms with Gasteiger partial charge in [-0.15, -0.1) is 0 Å². The summed E-state index contributed by atoms with van der Waals surface area (Å²) in [5, 5.41) is 0. The molecule has 0 radical (unpaired) electrons. The summed E-state index contributed by atoms with van der Waals surface area (Å²) in [7, 11) is 0. The van der Waals surface area contributed by atoms with Gasteiger partial charge in [-0.1, -0.05) is 18.6 Å². The maximum atomic E-state index is 12.1. The maximum absolute atomic E-state index is 12.1. The first-order chi connectivity index (χ1) is 6.95. The monoisotopic (exact) mass is 204 g/mol. The van der Waals surface area contributed by atoms with E-state index in [1.807, 2.05) is 13.8 Å². The van der Waals surface area contributed by atoms with Crippen molar-refractivity contribution < 1.29 is 9.59 Å². The lowest BCUT2D eigenvalue weighted by molar-refractivity contribution is -0.136. The van der Waals surface area contributed by atoms with Crippen LogP contribution in [0.5, 0.6) is 0 Å². The molecule has 2 rings (SSSR count). The molecule has 80 valence electrons. The number of hydrogen-bond acceptors (Lipinski definition) is 2. The minimum Gasteiger partial charge on any atom is -0.294 e. The summed E-state index contributed by atoms with van der Waals surface area (Å²) in [5.74, 6) is 0.148. The van der Waals surface area contributed by atoms with Crippen molar-refractivity contribution in [1.29, 1.82) is 0 Å². The predicted molar refractivity (Wildman–Crippen MR) is 58.4 cm³/mol. The third-order valence-corrected chi connectivity index (χ3v) is 3.70. The fourth-order valence-corrected chi connectivity index (χ4v) is 2.85. The Morgan fingerprint density at radius 3 is 2.67 bits per heavy atom. The molecule has 0 heterocycles. The lowest BCUT2D eigenvalue weighted by Crippen LogP contribution is -2.45. The molecule has 15 heavy (non-hydrogen) atoms. The van der Waals surface area contributed by atoms with E-state index in [0.29, 0.717) is 5.57 Å². The molecule has 0 amide bonds. The average molecular weight is 204 g/mol. The summed E-state index contributed by atoms with van der Waals surface area (Å²) >= 11 is 0. The van der Waals surface area contributed by atoms with Crippen molar-refractivity contribution in [1.82, 2.24) is 0 Å². The second-order valence-corrected chi connectivity index (χ2v) is 4.99. The molecule has 0 fully saturated rings. The molecule has 2 aliphatic carbocycles. The summed E-state index contributed by atoms with van der Waals surface area (Å²) in [5.41, 5.74) is 1.37.